The van der Waals surface area contributed by atoms with Crippen molar-refractivity contribution in [2.24, 2.45) is 0 Å². The van der Waals surface area contributed by atoms with Crippen LogP contribution in [0, 0.1) is 0 Å². The second-order valence-electron chi connectivity index (χ2n) is 6.50. The van der Waals surface area contributed by atoms with E-state index in [0.29, 0.717) is 11.3 Å². The van der Waals surface area contributed by atoms with Gasteiger partial charge in [-0.1, -0.05) is 29.4 Å². The maximum atomic E-state index is 13.4. The second kappa shape index (κ2) is 8.42. The molecule has 1 aromatic carbocycles. The fourth-order valence-corrected chi connectivity index (χ4v) is 2.90. The van der Waals surface area contributed by atoms with Gasteiger partial charge in [0.25, 0.3) is 5.91 Å². The van der Waals surface area contributed by atoms with Gasteiger partial charge in [-0.05, 0) is 24.3 Å². The van der Waals surface area contributed by atoms with Crippen molar-refractivity contribution < 1.29 is 27.2 Å². The molecule has 158 valence electrons. The molecule has 0 radical (unpaired) electrons. The number of fused-ring (bicyclic) bond motifs is 1. The summed E-state index contributed by atoms with van der Waals surface area (Å²) in [7, 11) is 0. The number of nitrogens with zero attached hydrogens (tertiary/aromatic N) is 3. The molecule has 3 heterocycles. The molecule has 4 aromatic rings. The smallest absolute Gasteiger partial charge is 0.414 e. The highest BCUT2D eigenvalue weighted by molar-refractivity contribution is 5.92. The number of carbonyl (C=O) groups is 1. The Morgan fingerprint density at radius 2 is 1.87 bits per heavy atom. The Balaban J connectivity index is 1.46. The first-order valence-electron chi connectivity index (χ1n) is 9.12. The van der Waals surface area contributed by atoms with E-state index in [4.69, 9.17) is 9.26 Å². The molecule has 1 N–H and O–H groups in total. The standard InChI is InChI=1S/C21H15F3N4O3/c22-21(23,24)19(15-7-1-2-9-25-15)27-20(29)16-11-14(31-28-16)12-30-17-8-3-5-13-6-4-10-26-18(13)17/h1-11,19H,12H2,(H,27,29)/t19-/m0/s1. The number of ether oxygens (including phenoxy) is 1. The number of hydrogen-bond donors (Lipinski definition) is 1. The molecule has 31 heavy (non-hydrogen) atoms. The minimum Gasteiger partial charge on any atom is -0.483 e. The molecule has 7 nitrogen and oxygen atoms in total. The molecule has 3 aromatic heterocycles. The minimum absolute atomic E-state index is 0.0844. The van der Waals surface area contributed by atoms with Crippen LogP contribution < -0.4 is 10.1 Å². The van der Waals surface area contributed by atoms with Gasteiger partial charge < -0.3 is 14.6 Å². The number of amides is 1. The van der Waals surface area contributed by atoms with E-state index < -0.39 is 18.1 Å². The van der Waals surface area contributed by atoms with Gasteiger partial charge in [-0.3, -0.25) is 14.8 Å². The summed E-state index contributed by atoms with van der Waals surface area (Å²) >= 11 is 0. The zero-order valence-corrected chi connectivity index (χ0v) is 15.8. The molecular formula is C21H15F3N4O3. The fraction of sp³-hybridized carbons (Fsp3) is 0.143. The van der Waals surface area contributed by atoms with Gasteiger partial charge in [-0.15, -0.1) is 0 Å². The van der Waals surface area contributed by atoms with Gasteiger partial charge in [0.1, 0.15) is 17.9 Å². The van der Waals surface area contributed by atoms with Crippen molar-refractivity contribution in [2.45, 2.75) is 18.8 Å². The molecule has 0 spiro atoms. The summed E-state index contributed by atoms with van der Waals surface area (Å²) in [5.74, 6) is -0.387. The van der Waals surface area contributed by atoms with Crippen LogP contribution in [0.15, 0.2) is 71.5 Å². The first-order chi connectivity index (χ1) is 14.9. The summed E-state index contributed by atoms with van der Waals surface area (Å²) in [6, 6.07) is 12.1. The lowest BCUT2D eigenvalue weighted by atomic mass is 10.1. The first-order valence-corrected chi connectivity index (χ1v) is 9.12. The van der Waals surface area contributed by atoms with Gasteiger partial charge >= 0.3 is 6.18 Å². The Bertz CT molecular complexity index is 1190. The van der Waals surface area contributed by atoms with Crippen LogP contribution >= 0.6 is 0 Å². The monoisotopic (exact) mass is 428 g/mol. The van der Waals surface area contributed by atoms with E-state index in [2.05, 4.69) is 15.1 Å². The maximum absolute atomic E-state index is 13.4. The van der Waals surface area contributed by atoms with Crippen LogP contribution in [0.5, 0.6) is 5.75 Å². The number of rotatable bonds is 6. The molecule has 0 aliphatic heterocycles. The molecular weight excluding hydrogens is 413 g/mol. The molecule has 0 fully saturated rings. The van der Waals surface area contributed by atoms with Gasteiger partial charge in [-0.25, -0.2) is 0 Å². The highest BCUT2D eigenvalue weighted by Crippen LogP contribution is 2.31. The minimum atomic E-state index is -4.74. The Labute approximate surface area is 173 Å². The van der Waals surface area contributed by atoms with Crippen molar-refractivity contribution in [3.63, 3.8) is 0 Å². The Kier molecular flexibility index (Phi) is 5.52. The van der Waals surface area contributed by atoms with Gasteiger partial charge in [-0.2, -0.15) is 13.2 Å². The van der Waals surface area contributed by atoms with Crippen LogP contribution in [0.3, 0.4) is 0 Å². The number of benzene rings is 1. The summed E-state index contributed by atoms with van der Waals surface area (Å²) in [6.07, 6.45) is -1.89. The molecule has 0 aliphatic rings. The number of pyridine rings is 2. The summed E-state index contributed by atoms with van der Waals surface area (Å²) in [4.78, 5) is 20.3. The number of halogens is 3. The average molecular weight is 428 g/mol. The molecule has 0 bridgehead atoms. The fourth-order valence-electron chi connectivity index (χ4n) is 2.90. The lowest BCUT2D eigenvalue weighted by Crippen LogP contribution is -2.38. The van der Waals surface area contributed by atoms with Crippen molar-refractivity contribution >= 4 is 16.8 Å². The van der Waals surface area contributed by atoms with Crippen molar-refractivity contribution in [2.75, 3.05) is 0 Å². The molecule has 0 saturated heterocycles. The lowest BCUT2D eigenvalue weighted by Gasteiger charge is -2.20. The average Bonchev–Trinajstić information content (AvgIpc) is 3.25. The largest absolute Gasteiger partial charge is 0.483 e. The van der Waals surface area contributed by atoms with Crippen molar-refractivity contribution in [3.05, 3.63) is 84.1 Å². The zero-order valence-electron chi connectivity index (χ0n) is 15.8. The predicted molar refractivity (Wildman–Crippen MR) is 103 cm³/mol. The van der Waals surface area contributed by atoms with Crippen molar-refractivity contribution in [1.82, 2.24) is 20.4 Å². The Hall–Kier alpha value is -3.95. The van der Waals surface area contributed by atoms with Crippen molar-refractivity contribution in [1.29, 1.82) is 0 Å². The van der Waals surface area contributed by atoms with E-state index in [1.165, 1.54) is 30.5 Å². The van der Waals surface area contributed by atoms with Crippen molar-refractivity contribution in [3.8, 4) is 5.75 Å². The third-order valence-electron chi connectivity index (χ3n) is 4.34. The summed E-state index contributed by atoms with van der Waals surface area (Å²) < 4.78 is 50.9. The van der Waals surface area contributed by atoms with Gasteiger partial charge in [0.2, 0.25) is 0 Å². The molecule has 0 saturated carbocycles. The number of alkyl halides is 3. The van der Waals surface area contributed by atoms with Gasteiger partial charge in [0, 0.05) is 23.8 Å². The molecule has 10 heteroatoms. The number of carbonyl (C=O) groups excluding carboxylic acids is 1. The number of hydrogen-bond acceptors (Lipinski definition) is 6. The van der Waals surface area contributed by atoms with E-state index >= 15 is 0 Å². The SMILES string of the molecule is O=C(N[C@@H](c1ccccn1)C(F)(F)F)c1cc(COc2cccc3cccnc23)on1. The Morgan fingerprint density at radius 1 is 1.06 bits per heavy atom. The molecule has 0 aliphatic carbocycles. The molecule has 4 rings (SSSR count). The predicted octanol–water partition coefficient (Wildman–Crippen LogP) is 4.23. The normalized spacial score (nSPS) is 12.5. The van der Waals surface area contributed by atoms with Crippen LogP contribution in [0.1, 0.15) is 28.0 Å². The lowest BCUT2D eigenvalue weighted by molar-refractivity contribution is -0.156. The number of nitrogens with one attached hydrogen (secondary N) is 1. The van der Waals surface area contributed by atoms with Crippen LogP contribution in [0.2, 0.25) is 0 Å². The second-order valence-corrected chi connectivity index (χ2v) is 6.50. The van der Waals surface area contributed by atoms with Gasteiger partial charge in [0.15, 0.2) is 17.5 Å². The highest BCUT2D eigenvalue weighted by Gasteiger charge is 2.43. The summed E-state index contributed by atoms with van der Waals surface area (Å²) in [6.45, 7) is -0.0844. The van der Waals surface area contributed by atoms with Crippen LogP contribution in [0.25, 0.3) is 10.9 Å². The van der Waals surface area contributed by atoms with E-state index in [-0.39, 0.29) is 23.8 Å². The van der Waals surface area contributed by atoms with E-state index in [1.54, 1.807) is 24.4 Å². The molecule has 1 amide bonds. The van der Waals surface area contributed by atoms with Crippen LogP contribution in [-0.2, 0) is 6.61 Å². The van der Waals surface area contributed by atoms with E-state index in [9.17, 15) is 18.0 Å². The first kappa shape index (κ1) is 20.3. The third kappa shape index (κ3) is 4.63. The quantitative estimate of drug-likeness (QED) is 0.494. The summed E-state index contributed by atoms with van der Waals surface area (Å²) in [5, 5.41) is 6.33. The third-order valence-corrected chi connectivity index (χ3v) is 4.34. The van der Waals surface area contributed by atoms with Crippen LogP contribution in [-0.4, -0.2) is 27.2 Å². The topological polar surface area (TPSA) is 90.1 Å². The molecule has 0 unspecified atom stereocenters. The maximum Gasteiger partial charge on any atom is 0.414 e. The van der Waals surface area contributed by atoms with E-state index in [1.807, 2.05) is 17.4 Å². The Morgan fingerprint density at radius 3 is 2.65 bits per heavy atom. The van der Waals surface area contributed by atoms with E-state index in [0.717, 1.165) is 5.39 Å². The number of para-hydroxylation sites is 1. The highest BCUT2D eigenvalue weighted by atomic mass is 19.4. The summed E-state index contributed by atoms with van der Waals surface area (Å²) in [5.41, 5.74) is 0.00421. The van der Waals surface area contributed by atoms with Crippen LogP contribution in [0.4, 0.5) is 13.2 Å². The van der Waals surface area contributed by atoms with Gasteiger partial charge in [0.05, 0.1) is 5.69 Å². The number of aromatic nitrogens is 3. The molecule has 1 atom stereocenters. The zero-order chi connectivity index (χ0) is 21.8.